The van der Waals surface area contributed by atoms with Crippen LogP contribution in [-0.4, -0.2) is 47.5 Å². The molecule has 6 heteroatoms. The fraction of sp³-hybridized carbons (Fsp3) is 0.571. The van der Waals surface area contributed by atoms with Crippen molar-refractivity contribution < 1.29 is 9.53 Å². The highest BCUT2D eigenvalue weighted by Crippen LogP contribution is 2.04. The van der Waals surface area contributed by atoms with Gasteiger partial charge in [-0.05, 0) is 14.1 Å². The molecule has 0 spiro atoms. The van der Waals surface area contributed by atoms with Crippen LogP contribution in [-0.2, 0) is 11.3 Å². The standard InChI is InChI=1S/C7H12N4O2/c1-11(2)4-5-6(7(12)13-3)9-10-8-5/h4H2,1-3H3,(H,8,9,10). The third kappa shape index (κ3) is 2.25. The molecule has 0 saturated heterocycles. The van der Waals surface area contributed by atoms with Crippen LogP contribution in [0.25, 0.3) is 0 Å². The fourth-order valence-corrected chi connectivity index (χ4v) is 0.923. The molecule has 1 rings (SSSR count). The minimum Gasteiger partial charge on any atom is -0.464 e. The maximum absolute atomic E-state index is 11.1. The van der Waals surface area contributed by atoms with E-state index in [2.05, 4.69) is 20.1 Å². The maximum atomic E-state index is 11.1. The van der Waals surface area contributed by atoms with Gasteiger partial charge in [-0.25, -0.2) is 4.79 Å². The molecular formula is C7H12N4O2. The monoisotopic (exact) mass is 184 g/mol. The average molecular weight is 184 g/mol. The summed E-state index contributed by atoms with van der Waals surface area (Å²) < 4.78 is 4.54. The molecule has 1 heterocycles. The molecule has 0 aliphatic rings. The first-order valence-electron chi connectivity index (χ1n) is 3.78. The Kier molecular flexibility index (Phi) is 2.97. The molecule has 0 aromatic carbocycles. The molecule has 0 amide bonds. The summed E-state index contributed by atoms with van der Waals surface area (Å²) in [4.78, 5) is 13.0. The van der Waals surface area contributed by atoms with Crippen LogP contribution in [0.2, 0.25) is 0 Å². The van der Waals surface area contributed by atoms with Gasteiger partial charge in [0.2, 0.25) is 0 Å². The number of carbonyl (C=O) groups excluding carboxylic acids is 1. The number of aromatic amines is 1. The van der Waals surface area contributed by atoms with Gasteiger partial charge in [-0.2, -0.15) is 10.3 Å². The van der Waals surface area contributed by atoms with Crippen molar-refractivity contribution in [1.82, 2.24) is 20.3 Å². The maximum Gasteiger partial charge on any atom is 0.360 e. The number of aromatic nitrogens is 3. The van der Waals surface area contributed by atoms with E-state index in [0.717, 1.165) is 0 Å². The van der Waals surface area contributed by atoms with Gasteiger partial charge in [0.15, 0.2) is 5.69 Å². The van der Waals surface area contributed by atoms with E-state index in [1.165, 1.54) is 7.11 Å². The Labute approximate surface area is 75.9 Å². The number of ether oxygens (including phenoxy) is 1. The van der Waals surface area contributed by atoms with Gasteiger partial charge < -0.3 is 9.64 Å². The van der Waals surface area contributed by atoms with E-state index < -0.39 is 5.97 Å². The second kappa shape index (κ2) is 3.99. The summed E-state index contributed by atoms with van der Waals surface area (Å²) in [7, 11) is 5.09. The van der Waals surface area contributed by atoms with Crippen molar-refractivity contribution in [2.24, 2.45) is 0 Å². The Balaban J connectivity index is 2.83. The quantitative estimate of drug-likeness (QED) is 0.650. The number of methoxy groups -OCH3 is 1. The fourth-order valence-electron chi connectivity index (χ4n) is 0.923. The predicted octanol–water partition coefficient (Wildman–Crippen LogP) is -0.347. The molecule has 0 radical (unpaired) electrons. The van der Waals surface area contributed by atoms with Crippen LogP contribution in [0, 0.1) is 0 Å². The normalized spacial score (nSPS) is 10.5. The molecule has 0 unspecified atom stereocenters. The van der Waals surface area contributed by atoms with E-state index in [0.29, 0.717) is 12.2 Å². The van der Waals surface area contributed by atoms with Crippen LogP contribution in [0.5, 0.6) is 0 Å². The van der Waals surface area contributed by atoms with Gasteiger partial charge in [0.25, 0.3) is 0 Å². The van der Waals surface area contributed by atoms with Crippen LogP contribution in [0.1, 0.15) is 16.2 Å². The van der Waals surface area contributed by atoms with Crippen molar-refractivity contribution in [3.05, 3.63) is 11.4 Å². The largest absolute Gasteiger partial charge is 0.464 e. The Bertz CT molecular complexity index is 294. The number of nitrogens with zero attached hydrogens (tertiary/aromatic N) is 3. The Hall–Kier alpha value is -1.43. The molecule has 6 nitrogen and oxygen atoms in total. The summed E-state index contributed by atoms with van der Waals surface area (Å²) in [6.45, 7) is 0.556. The van der Waals surface area contributed by atoms with Gasteiger partial charge in [0.05, 0.1) is 7.11 Å². The van der Waals surface area contributed by atoms with Crippen LogP contribution in [0.15, 0.2) is 0 Å². The van der Waals surface area contributed by atoms with Crippen molar-refractivity contribution in [3.8, 4) is 0 Å². The van der Waals surface area contributed by atoms with Crippen molar-refractivity contribution in [3.63, 3.8) is 0 Å². The highest BCUT2D eigenvalue weighted by atomic mass is 16.5. The first kappa shape index (κ1) is 9.66. The van der Waals surface area contributed by atoms with Crippen molar-refractivity contribution in [2.75, 3.05) is 21.2 Å². The zero-order chi connectivity index (χ0) is 9.84. The Morgan fingerprint density at radius 2 is 2.23 bits per heavy atom. The van der Waals surface area contributed by atoms with E-state index in [9.17, 15) is 4.79 Å². The molecule has 1 aromatic heterocycles. The number of hydrogen-bond acceptors (Lipinski definition) is 5. The number of carbonyl (C=O) groups is 1. The Morgan fingerprint density at radius 3 is 2.77 bits per heavy atom. The highest BCUT2D eigenvalue weighted by molar-refractivity contribution is 5.88. The van der Waals surface area contributed by atoms with Crippen LogP contribution < -0.4 is 0 Å². The van der Waals surface area contributed by atoms with E-state index >= 15 is 0 Å². The van der Waals surface area contributed by atoms with Gasteiger partial charge in [-0.3, -0.25) is 0 Å². The topological polar surface area (TPSA) is 71.1 Å². The lowest BCUT2D eigenvalue weighted by Gasteiger charge is -2.06. The molecule has 0 saturated carbocycles. The van der Waals surface area contributed by atoms with E-state index in [-0.39, 0.29) is 5.69 Å². The molecule has 1 N–H and O–H groups in total. The third-order valence-electron chi connectivity index (χ3n) is 1.46. The molecule has 0 aliphatic heterocycles. The lowest BCUT2D eigenvalue weighted by atomic mass is 10.3. The summed E-state index contributed by atoms with van der Waals surface area (Å²) in [5, 5.41) is 9.94. The van der Waals surface area contributed by atoms with Crippen molar-refractivity contribution in [2.45, 2.75) is 6.54 Å². The van der Waals surface area contributed by atoms with Gasteiger partial charge in [-0.15, -0.1) is 5.10 Å². The molecule has 0 aliphatic carbocycles. The molecule has 13 heavy (non-hydrogen) atoms. The number of nitrogens with one attached hydrogen (secondary N) is 1. The molecule has 0 bridgehead atoms. The lowest BCUT2D eigenvalue weighted by Crippen LogP contribution is -2.14. The van der Waals surface area contributed by atoms with E-state index in [4.69, 9.17) is 0 Å². The van der Waals surface area contributed by atoms with Crippen LogP contribution >= 0.6 is 0 Å². The van der Waals surface area contributed by atoms with Gasteiger partial charge in [0.1, 0.15) is 5.69 Å². The van der Waals surface area contributed by atoms with Crippen molar-refractivity contribution in [1.29, 1.82) is 0 Å². The first-order valence-corrected chi connectivity index (χ1v) is 3.78. The lowest BCUT2D eigenvalue weighted by molar-refractivity contribution is 0.0592. The van der Waals surface area contributed by atoms with Gasteiger partial charge in [0, 0.05) is 6.54 Å². The zero-order valence-corrected chi connectivity index (χ0v) is 7.87. The van der Waals surface area contributed by atoms with Gasteiger partial charge in [-0.1, -0.05) is 0 Å². The van der Waals surface area contributed by atoms with Crippen LogP contribution in [0.3, 0.4) is 0 Å². The number of hydrogen-bond donors (Lipinski definition) is 1. The third-order valence-corrected chi connectivity index (χ3v) is 1.46. The Morgan fingerprint density at radius 1 is 1.54 bits per heavy atom. The molecule has 0 atom stereocenters. The number of esters is 1. The molecule has 1 aromatic rings. The van der Waals surface area contributed by atoms with Crippen LogP contribution in [0.4, 0.5) is 0 Å². The van der Waals surface area contributed by atoms with E-state index in [1.807, 2.05) is 19.0 Å². The summed E-state index contributed by atoms with van der Waals surface area (Å²) in [6, 6.07) is 0. The molecule has 0 fully saturated rings. The minimum absolute atomic E-state index is 0.246. The number of rotatable bonds is 3. The second-order valence-corrected chi connectivity index (χ2v) is 2.85. The van der Waals surface area contributed by atoms with Crippen molar-refractivity contribution >= 4 is 5.97 Å². The summed E-state index contributed by atoms with van der Waals surface area (Å²) in [6.07, 6.45) is 0. The van der Waals surface area contributed by atoms with Gasteiger partial charge >= 0.3 is 5.97 Å². The smallest absolute Gasteiger partial charge is 0.360 e. The first-order chi connectivity index (χ1) is 6.15. The minimum atomic E-state index is -0.467. The summed E-state index contributed by atoms with van der Waals surface area (Å²) in [5.74, 6) is -0.467. The molecular weight excluding hydrogens is 172 g/mol. The average Bonchev–Trinajstić information content (AvgIpc) is 2.50. The second-order valence-electron chi connectivity index (χ2n) is 2.85. The summed E-state index contributed by atoms with van der Waals surface area (Å²) >= 11 is 0. The van der Waals surface area contributed by atoms with E-state index in [1.54, 1.807) is 0 Å². The highest BCUT2D eigenvalue weighted by Gasteiger charge is 2.16. The SMILES string of the molecule is COC(=O)c1n[nH]nc1CN(C)C. The predicted molar refractivity (Wildman–Crippen MR) is 45.1 cm³/mol. The summed E-state index contributed by atoms with van der Waals surface area (Å²) in [5.41, 5.74) is 0.841. The molecule has 72 valence electrons. The zero-order valence-electron chi connectivity index (χ0n) is 7.87. The number of H-pyrrole nitrogens is 1.